The quantitative estimate of drug-likeness (QED) is 0.456. The van der Waals surface area contributed by atoms with Gasteiger partial charge in [0.2, 0.25) is 0 Å². The number of ether oxygens (including phenoxy) is 2. The zero-order chi connectivity index (χ0) is 21.6. The van der Waals surface area contributed by atoms with Crippen molar-refractivity contribution in [1.82, 2.24) is 9.97 Å². The number of nitrogens with zero attached hydrogens (tertiary/aromatic N) is 2. The van der Waals surface area contributed by atoms with Crippen molar-refractivity contribution >= 4 is 22.6 Å². The van der Waals surface area contributed by atoms with Gasteiger partial charge < -0.3 is 14.8 Å². The molecule has 4 aromatic rings. The highest BCUT2D eigenvalue weighted by Crippen LogP contribution is 2.23. The normalized spacial score (nSPS) is 11.7. The number of aromatic nitrogens is 2. The predicted octanol–water partition coefficient (Wildman–Crippen LogP) is 5.10. The number of fused-ring (bicyclic) bond motifs is 1. The Bertz CT molecular complexity index is 1170. The van der Waals surface area contributed by atoms with Crippen LogP contribution in [0.3, 0.4) is 0 Å². The second kappa shape index (κ2) is 9.26. The first-order chi connectivity index (χ1) is 15.2. The smallest absolute Gasteiger partial charge is 0.265 e. The maximum absolute atomic E-state index is 12.6. The van der Waals surface area contributed by atoms with Crippen LogP contribution < -0.4 is 14.8 Å². The molecule has 0 bridgehead atoms. The Morgan fingerprint density at radius 2 is 1.61 bits per heavy atom. The molecule has 6 nitrogen and oxygen atoms in total. The van der Waals surface area contributed by atoms with Gasteiger partial charge in [-0.15, -0.1) is 0 Å². The van der Waals surface area contributed by atoms with Crippen molar-refractivity contribution in [1.29, 1.82) is 0 Å². The largest absolute Gasteiger partial charge is 0.497 e. The van der Waals surface area contributed by atoms with Gasteiger partial charge in [0.05, 0.1) is 30.0 Å². The molecule has 0 saturated carbocycles. The Balaban J connectivity index is 1.44. The minimum absolute atomic E-state index is 0.197. The van der Waals surface area contributed by atoms with Crippen LogP contribution in [-0.2, 0) is 4.79 Å². The van der Waals surface area contributed by atoms with Crippen LogP contribution in [-0.4, -0.2) is 29.1 Å². The van der Waals surface area contributed by atoms with Crippen LogP contribution in [0.25, 0.3) is 22.3 Å². The standard InChI is InChI=1S/C25H23N3O3/c1-3-24(25(29)27-18-10-14-19(30-2)15-11-18)31-20-12-8-17(9-13-20)23-16-26-21-6-4-5-7-22(21)28-23/h4-16,24H,3H2,1-2H3,(H,27,29)/t24-/m0/s1. The molecule has 3 aromatic carbocycles. The van der Waals surface area contributed by atoms with Crippen molar-refractivity contribution in [2.45, 2.75) is 19.4 Å². The average Bonchev–Trinajstić information content (AvgIpc) is 2.83. The summed E-state index contributed by atoms with van der Waals surface area (Å²) in [4.78, 5) is 21.8. The van der Waals surface area contributed by atoms with Gasteiger partial charge >= 0.3 is 0 Å². The van der Waals surface area contributed by atoms with Gasteiger partial charge in [-0.3, -0.25) is 9.78 Å². The van der Waals surface area contributed by atoms with E-state index in [0.717, 1.165) is 28.0 Å². The van der Waals surface area contributed by atoms with E-state index in [1.54, 1.807) is 37.6 Å². The van der Waals surface area contributed by atoms with Crippen molar-refractivity contribution in [3.8, 4) is 22.8 Å². The third kappa shape index (κ3) is 4.80. The first-order valence-electron chi connectivity index (χ1n) is 10.1. The summed E-state index contributed by atoms with van der Waals surface area (Å²) in [6.45, 7) is 1.91. The summed E-state index contributed by atoms with van der Waals surface area (Å²) in [6, 6.07) is 22.5. The first kappa shape index (κ1) is 20.3. The van der Waals surface area contributed by atoms with Gasteiger partial charge in [0.15, 0.2) is 6.10 Å². The zero-order valence-electron chi connectivity index (χ0n) is 17.4. The Morgan fingerprint density at radius 1 is 0.935 bits per heavy atom. The SMILES string of the molecule is CC[C@H](Oc1ccc(-c2cnc3ccccc3n2)cc1)C(=O)Nc1ccc(OC)cc1. The van der Waals surface area contributed by atoms with E-state index in [9.17, 15) is 4.79 Å². The van der Waals surface area contributed by atoms with E-state index in [-0.39, 0.29) is 5.91 Å². The maximum atomic E-state index is 12.6. The summed E-state index contributed by atoms with van der Waals surface area (Å²) in [5, 5.41) is 2.88. The van der Waals surface area contributed by atoms with E-state index in [2.05, 4.69) is 15.3 Å². The van der Waals surface area contributed by atoms with Crippen LogP contribution in [0, 0.1) is 0 Å². The number of carbonyl (C=O) groups is 1. The van der Waals surface area contributed by atoms with Crippen molar-refractivity contribution in [2.75, 3.05) is 12.4 Å². The van der Waals surface area contributed by atoms with E-state index >= 15 is 0 Å². The topological polar surface area (TPSA) is 73.3 Å². The predicted molar refractivity (Wildman–Crippen MR) is 121 cm³/mol. The third-order valence-corrected chi connectivity index (χ3v) is 4.90. The summed E-state index contributed by atoms with van der Waals surface area (Å²) in [5.74, 6) is 1.16. The van der Waals surface area contributed by atoms with Crippen LogP contribution in [0.15, 0.2) is 79.0 Å². The number of carbonyl (C=O) groups excluding carboxylic acids is 1. The van der Waals surface area contributed by atoms with Crippen LogP contribution >= 0.6 is 0 Å². The van der Waals surface area contributed by atoms with E-state index < -0.39 is 6.10 Å². The molecule has 0 aliphatic heterocycles. The molecule has 1 heterocycles. The molecule has 1 aromatic heterocycles. The lowest BCUT2D eigenvalue weighted by Gasteiger charge is -2.17. The van der Waals surface area contributed by atoms with Crippen molar-refractivity contribution < 1.29 is 14.3 Å². The Kier molecular flexibility index (Phi) is 6.08. The summed E-state index contributed by atoms with van der Waals surface area (Å²) < 4.78 is 11.1. The summed E-state index contributed by atoms with van der Waals surface area (Å²) >= 11 is 0. The number of rotatable bonds is 7. The molecule has 6 heteroatoms. The number of methoxy groups -OCH3 is 1. The number of anilines is 1. The van der Waals surface area contributed by atoms with E-state index in [1.165, 1.54) is 0 Å². The number of amides is 1. The molecular formula is C25H23N3O3. The van der Waals surface area contributed by atoms with Gasteiger partial charge in [0.25, 0.3) is 5.91 Å². The van der Waals surface area contributed by atoms with Gasteiger partial charge in [-0.25, -0.2) is 4.98 Å². The van der Waals surface area contributed by atoms with E-state index in [4.69, 9.17) is 9.47 Å². The molecule has 156 valence electrons. The number of para-hydroxylation sites is 2. The molecule has 0 fully saturated rings. The van der Waals surface area contributed by atoms with Crippen molar-refractivity contribution in [3.05, 3.63) is 79.0 Å². The molecule has 0 aliphatic rings. The monoisotopic (exact) mass is 413 g/mol. The minimum atomic E-state index is -0.603. The highest BCUT2D eigenvalue weighted by molar-refractivity contribution is 5.94. The zero-order valence-corrected chi connectivity index (χ0v) is 17.4. The van der Waals surface area contributed by atoms with Gasteiger partial charge in [0.1, 0.15) is 11.5 Å². The fourth-order valence-electron chi connectivity index (χ4n) is 3.18. The number of hydrogen-bond donors (Lipinski definition) is 1. The lowest BCUT2D eigenvalue weighted by Crippen LogP contribution is -2.32. The number of nitrogens with one attached hydrogen (secondary N) is 1. The first-order valence-corrected chi connectivity index (χ1v) is 10.1. The molecule has 0 saturated heterocycles. The molecule has 0 spiro atoms. The fraction of sp³-hybridized carbons (Fsp3) is 0.160. The summed E-state index contributed by atoms with van der Waals surface area (Å²) in [7, 11) is 1.60. The second-order valence-electron chi connectivity index (χ2n) is 7.00. The Hall–Kier alpha value is -3.93. The molecule has 1 N–H and O–H groups in total. The molecular weight excluding hydrogens is 390 g/mol. The molecule has 1 amide bonds. The second-order valence-corrected chi connectivity index (χ2v) is 7.00. The number of hydrogen-bond acceptors (Lipinski definition) is 5. The number of benzene rings is 3. The van der Waals surface area contributed by atoms with Crippen LogP contribution in [0.5, 0.6) is 11.5 Å². The lowest BCUT2D eigenvalue weighted by molar-refractivity contribution is -0.122. The maximum Gasteiger partial charge on any atom is 0.265 e. The third-order valence-electron chi connectivity index (χ3n) is 4.90. The van der Waals surface area contributed by atoms with Crippen molar-refractivity contribution in [2.24, 2.45) is 0 Å². The Labute approximate surface area is 180 Å². The minimum Gasteiger partial charge on any atom is -0.497 e. The molecule has 0 radical (unpaired) electrons. The van der Waals surface area contributed by atoms with Crippen LogP contribution in [0.4, 0.5) is 5.69 Å². The van der Waals surface area contributed by atoms with Gasteiger partial charge in [0, 0.05) is 11.3 Å². The molecule has 1 atom stereocenters. The molecule has 0 aliphatic carbocycles. The Morgan fingerprint density at radius 3 is 2.29 bits per heavy atom. The highest BCUT2D eigenvalue weighted by Gasteiger charge is 2.18. The molecule has 4 rings (SSSR count). The van der Waals surface area contributed by atoms with Crippen molar-refractivity contribution in [3.63, 3.8) is 0 Å². The lowest BCUT2D eigenvalue weighted by atomic mass is 10.1. The van der Waals surface area contributed by atoms with Crippen LogP contribution in [0.2, 0.25) is 0 Å². The van der Waals surface area contributed by atoms with E-state index in [1.807, 2.05) is 55.5 Å². The van der Waals surface area contributed by atoms with Crippen LogP contribution in [0.1, 0.15) is 13.3 Å². The van der Waals surface area contributed by atoms with E-state index in [0.29, 0.717) is 17.9 Å². The summed E-state index contributed by atoms with van der Waals surface area (Å²) in [6.07, 6.45) is 1.70. The van der Waals surface area contributed by atoms with Gasteiger partial charge in [-0.2, -0.15) is 0 Å². The highest BCUT2D eigenvalue weighted by atomic mass is 16.5. The summed E-state index contributed by atoms with van der Waals surface area (Å²) in [5.41, 5.74) is 4.12. The average molecular weight is 413 g/mol. The molecule has 0 unspecified atom stereocenters. The molecule has 31 heavy (non-hydrogen) atoms. The fourth-order valence-corrected chi connectivity index (χ4v) is 3.18. The van der Waals surface area contributed by atoms with Gasteiger partial charge in [-0.05, 0) is 67.1 Å². The van der Waals surface area contributed by atoms with Gasteiger partial charge in [-0.1, -0.05) is 19.1 Å².